The standard InChI is InChI=1S/C76H141O24P/c1-4-7-10-13-16-19-22-25-28-31-33-36-39-42-45-48-51-61(79)93-56-59-64(82)66(84)71(89)76(97-59)99-73-69(87)67(85)68(86)72(98-75-70(88)65(83)63(81)58(53-77)96-75)74(73)100-101(90,91)94-55-57(95-62(80)52-49-46-43-40-37-34-30-27-24-21-18-15-12-9-6-3)54-92-60(78)50-47-44-41-38-35-32-29-26-23-20-17-14-11-8-5-2/h20,23,57-59,63-77,81-89H,4-19,21-22,24-56H2,1-3H3,(H,90,91)/b23-20-. The molecule has 1 saturated carbocycles. The topological polar surface area (TPSA) is 374 Å². The minimum Gasteiger partial charge on any atom is -0.463 e. The molecule has 594 valence electrons. The van der Waals surface area contributed by atoms with Crippen molar-refractivity contribution in [3.8, 4) is 0 Å². The van der Waals surface area contributed by atoms with E-state index in [0.717, 1.165) is 116 Å². The van der Waals surface area contributed by atoms with Gasteiger partial charge in [0.2, 0.25) is 0 Å². The second kappa shape index (κ2) is 57.8. The number of aliphatic hydroxyl groups is 10. The van der Waals surface area contributed by atoms with E-state index in [9.17, 15) is 74.9 Å². The molecule has 25 heteroatoms. The van der Waals surface area contributed by atoms with E-state index < -0.39 is 156 Å². The summed E-state index contributed by atoms with van der Waals surface area (Å²) in [6, 6.07) is 0. The van der Waals surface area contributed by atoms with Gasteiger partial charge in [0.25, 0.3) is 0 Å². The first kappa shape index (κ1) is 92.9. The van der Waals surface area contributed by atoms with Crippen LogP contribution in [0.25, 0.3) is 0 Å². The first-order valence-corrected chi connectivity index (χ1v) is 41.5. The summed E-state index contributed by atoms with van der Waals surface area (Å²) >= 11 is 0. The van der Waals surface area contributed by atoms with E-state index in [0.29, 0.717) is 19.3 Å². The number of phosphoric ester groups is 1. The highest BCUT2D eigenvalue weighted by Gasteiger charge is 2.58. The fourth-order valence-electron chi connectivity index (χ4n) is 13.3. The maximum absolute atomic E-state index is 14.4. The Morgan fingerprint density at radius 1 is 0.376 bits per heavy atom. The smallest absolute Gasteiger partial charge is 0.463 e. The fourth-order valence-corrected chi connectivity index (χ4v) is 14.2. The molecule has 18 atom stereocenters. The summed E-state index contributed by atoms with van der Waals surface area (Å²) in [6.45, 7) is 3.48. The van der Waals surface area contributed by atoms with Crippen molar-refractivity contribution in [3.05, 3.63) is 12.2 Å². The highest BCUT2D eigenvalue weighted by atomic mass is 31.2. The van der Waals surface area contributed by atoms with Gasteiger partial charge in [0, 0.05) is 19.3 Å². The van der Waals surface area contributed by atoms with Gasteiger partial charge in [-0.15, -0.1) is 0 Å². The Balaban J connectivity index is 1.71. The molecule has 3 rings (SSSR count). The van der Waals surface area contributed by atoms with E-state index in [-0.39, 0.29) is 19.3 Å². The van der Waals surface area contributed by atoms with E-state index in [1.54, 1.807) is 0 Å². The number of phosphoric acid groups is 1. The third-order valence-corrected chi connectivity index (χ3v) is 20.8. The average Bonchev–Trinajstić information content (AvgIpc) is 0.760. The Labute approximate surface area is 605 Å². The molecule has 0 radical (unpaired) electrons. The van der Waals surface area contributed by atoms with E-state index in [1.165, 1.54) is 148 Å². The van der Waals surface area contributed by atoms with Crippen molar-refractivity contribution in [2.75, 3.05) is 26.4 Å². The van der Waals surface area contributed by atoms with Gasteiger partial charge >= 0.3 is 25.7 Å². The third-order valence-electron chi connectivity index (χ3n) is 19.8. The van der Waals surface area contributed by atoms with Crippen LogP contribution < -0.4 is 0 Å². The number of carbonyl (C=O) groups is 3. The Morgan fingerprint density at radius 3 is 1.08 bits per heavy atom. The molecule has 0 aromatic carbocycles. The fraction of sp³-hybridized carbons (Fsp3) is 0.934. The number of ether oxygens (including phenoxy) is 7. The van der Waals surface area contributed by atoms with Crippen molar-refractivity contribution < 1.29 is 117 Å². The highest BCUT2D eigenvalue weighted by Crippen LogP contribution is 2.49. The van der Waals surface area contributed by atoms with Gasteiger partial charge in [-0.3, -0.25) is 23.4 Å². The zero-order valence-corrected chi connectivity index (χ0v) is 63.1. The van der Waals surface area contributed by atoms with Gasteiger partial charge in [-0.05, 0) is 44.9 Å². The van der Waals surface area contributed by atoms with Gasteiger partial charge in [-0.25, -0.2) is 4.57 Å². The van der Waals surface area contributed by atoms with Gasteiger partial charge in [-0.1, -0.05) is 270 Å². The predicted octanol–water partition coefficient (Wildman–Crippen LogP) is 11.9. The molecule has 24 nitrogen and oxygen atoms in total. The van der Waals surface area contributed by atoms with Crippen LogP contribution >= 0.6 is 7.82 Å². The molecule has 0 spiro atoms. The second-order valence-electron chi connectivity index (χ2n) is 28.8. The molecular formula is C76H141O24P. The Morgan fingerprint density at radius 2 is 0.693 bits per heavy atom. The summed E-state index contributed by atoms with van der Waals surface area (Å²) < 4.78 is 65.2. The molecule has 1 aliphatic carbocycles. The number of esters is 3. The second-order valence-corrected chi connectivity index (χ2v) is 30.2. The third kappa shape index (κ3) is 40.5. The summed E-state index contributed by atoms with van der Waals surface area (Å²) in [5.74, 6) is -1.98. The average molecular weight is 1470 g/mol. The van der Waals surface area contributed by atoms with E-state index >= 15 is 0 Å². The SMILES string of the molecule is CCCCCC/C=C\CCCCCCCCCC(=O)OCC(COP(=O)(O)OC1C(OC2OC(CO)C(O)C(O)C2O)C(O)C(O)C(O)C1OC1OC(COC(=O)CCCCCCCCCCCCCCCCCC)C(O)C(O)C1O)OC(=O)CCCCCCCCCCCCCCCCC. The van der Waals surface area contributed by atoms with Gasteiger partial charge in [0.15, 0.2) is 18.7 Å². The van der Waals surface area contributed by atoms with Gasteiger partial charge in [0.1, 0.15) is 98.7 Å². The summed E-state index contributed by atoms with van der Waals surface area (Å²) in [5.41, 5.74) is 0. The number of unbranched alkanes of at least 4 members (excludes halogenated alkanes) is 40. The largest absolute Gasteiger partial charge is 0.472 e. The molecule has 2 saturated heterocycles. The van der Waals surface area contributed by atoms with E-state index in [2.05, 4.69) is 32.9 Å². The Bertz CT molecular complexity index is 2130. The Kier molecular flexibility index (Phi) is 53.2. The number of hydrogen-bond acceptors (Lipinski definition) is 23. The van der Waals surface area contributed by atoms with Crippen molar-refractivity contribution in [3.63, 3.8) is 0 Å². The molecule has 11 N–H and O–H groups in total. The maximum atomic E-state index is 14.4. The molecular weight excluding hydrogens is 1330 g/mol. The number of allylic oxidation sites excluding steroid dienone is 2. The normalized spacial score (nSPS) is 27.2. The molecule has 0 bridgehead atoms. The monoisotopic (exact) mass is 1470 g/mol. The molecule has 0 amide bonds. The Hall–Kier alpha value is -2.30. The van der Waals surface area contributed by atoms with Crippen LogP contribution in [0.15, 0.2) is 12.2 Å². The van der Waals surface area contributed by atoms with Crippen molar-refractivity contribution >= 4 is 25.7 Å². The van der Waals surface area contributed by atoms with Crippen molar-refractivity contribution in [2.45, 2.75) is 427 Å². The number of carbonyl (C=O) groups excluding carboxylic acids is 3. The quantitative estimate of drug-likeness (QED) is 0.00886. The summed E-state index contributed by atoms with van der Waals surface area (Å²) in [4.78, 5) is 51.1. The molecule has 0 aromatic heterocycles. The van der Waals surface area contributed by atoms with Crippen LogP contribution in [-0.2, 0) is 61.2 Å². The van der Waals surface area contributed by atoms with Gasteiger partial charge < -0.3 is 89.1 Å². The number of rotatable bonds is 63. The zero-order valence-electron chi connectivity index (χ0n) is 62.2. The van der Waals surface area contributed by atoms with Gasteiger partial charge in [-0.2, -0.15) is 0 Å². The lowest BCUT2D eigenvalue weighted by Crippen LogP contribution is -2.69. The first-order chi connectivity index (χ1) is 48.8. The van der Waals surface area contributed by atoms with Crippen LogP contribution in [0.5, 0.6) is 0 Å². The molecule has 101 heavy (non-hydrogen) atoms. The number of aliphatic hydroxyl groups excluding tert-OH is 10. The minimum absolute atomic E-state index is 0.0330. The summed E-state index contributed by atoms with van der Waals surface area (Å²) in [6.07, 6.45) is 18.2. The predicted molar refractivity (Wildman–Crippen MR) is 384 cm³/mol. The van der Waals surface area contributed by atoms with Gasteiger partial charge in [0.05, 0.1) is 13.2 Å². The van der Waals surface area contributed by atoms with Crippen LogP contribution in [-0.4, -0.2) is 204 Å². The van der Waals surface area contributed by atoms with Crippen molar-refractivity contribution in [1.29, 1.82) is 0 Å². The first-order valence-electron chi connectivity index (χ1n) is 40.0. The van der Waals surface area contributed by atoms with Crippen molar-refractivity contribution in [1.82, 2.24) is 0 Å². The van der Waals surface area contributed by atoms with Crippen LogP contribution in [0.4, 0.5) is 0 Å². The lowest BCUT2D eigenvalue weighted by atomic mass is 9.84. The van der Waals surface area contributed by atoms with E-state index in [4.69, 9.17) is 42.2 Å². The molecule has 3 fully saturated rings. The molecule has 18 unspecified atom stereocenters. The highest BCUT2D eigenvalue weighted by molar-refractivity contribution is 7.47. The van der Waals surface area contributed by atoms with Crippen LogP contribution in [0, 0.1) is 0 Å². The van der Waals surface area contributed by atoms with E-state index in [1.807, 2.05) is 0 Å². The maximum Gasteiger partial charge on any atom is 0.472 e. The zero-order chi connectivity index (χ0) is 73.9. The molecule has 0 aromatic rings. The number of hydrogen-bond donors (Lipinski definition) is 11. The summed E-state index contributed by atoms with van der Waals surface area (Å²) in [7, 11) is -5.70. The molecule has 2 heterocycles. The van der Waals surface area contributed by atoms with Crippen molar-refractivity contribution in [2.24, 2.45) is 0 Å². The van der Waals surface area contributed by atoms with Crippen LogP contribution in [0.2, 0.25) is 0 Å². The van der Waals surface area contributed by atoms with Crippen LogP contribution in [0.1, 0.15) is 323 Å². The molecule has 2 aliphatic heterocycles. The summed E-state index contributed by atoms with van der Waals surface area (Å²) in [5, 5.41) is 110. The lowest BCUT2D eigenvalue weighted by molar-refractivity contribution is -0.360. The minimum atomic E-state index is -5.70. The molecule has 3 aliphatic rings. The van der Waals surface area contributed by atoms with Crippen LogP contribution in [0.3, 0.4) is 0 Å². The lowest BCUT2D eigenvalue weighted by Gasteiger charge is -2.49.